The summed E-state index contributed by atoms with van der Waals surface area (Å²) in [6.07, 6.45) is 8.42. The Morgan fingerprint density at radius 3 is 2.11 bits per heavy atom. The van der Waals surface area contributed by atoms with Gasteiger partial charge in [-0.3, -0.25) is 4.90 Å². The highest BCUT2D eigenvalue weighted by Gasteiger charge is 2.57. The molecule has 1 spiro atoms. The van der Waals surface area contributed by atoms with Crippen LogP contribution < -0.4 is 4.90 Å². The van der Waals surface area contributed by atoms with Gasteiger partial charge in [0, 0.05) is 62.5 Å². The van der Waals surface area contributed by atoms with Crippen molar-refractivity contribution in [2.45, 2.75) is 70.5 Å². The maximum absolute atomic E-state index is 2.90. The summed E-state index contributed by atoms with van der Waals surface area (Å²) in [6, 6.07) is 23.3. The second-order valence-electron chi connectivity index (χ2n) is 12.4. The monoisotopic (exact) mass is 471 g/mol. The average molecular weight is 472 g/mol. The maximum Gasteiger partial charge on any atom is 0.0470 e. The number of likely N-dealkylation sites (tertiary alicyclic amines) is 2. The Morgan fingerprint density at radius 1 is 0.800 bits per heavy atom. The van der Waals surface area contributed by atoms with Crippen molar-refractivity contribution in [2.24, 2.45) is 23.7 Å². The van der Waals surface area contributed by atoms with Gasteiger partial charge in [0.1, 0.15) is 0 Å². The van der Waals surface area contributed by atoms with E-state index in [9.17, 15) is 0 Å². The quantitative estimate of drug-likeness (QED) is 0.506. The van der Waals surface area contributed by atoms with Gasteiger partial charge in [-0.2, -0.15) is 0 Å². The van der Waals surface area contributed by atoms with Gasteiger partial charge in [0.2, 0.25) is 0 Å². The number of hydrogen-bond acceptors (Lipinski definition) is 3. The minimum Gasteiger partial charge on any atom is -0.365 e. The lowest BCUT2D eigenvalue weighted by molar-refractivity contribution is 0.0634. The van der Waals surface area contributed by atoms with Crippen LogP contribution in [-0.2, 0) is 6.54 Å². The summed E-state index contributed by atoms with van der Waals surface area (Å²) in [7, 11) is 0. The zero-order valence-electron chi connectivity index (χ0n) is 22.0. The molecule has 1 saturated carbocycles. The topological polar surface area (TPSA) is 9.72 Å². The number of benzene rings is 2. The van der Waals surface area contributed by atoms with Crippen LogP contribution >= 0.6 is 0 Å². The van der Waals surface area contributed by atoms with Crippen LogP contribution in [0.2, 0.25) is 0 Å². The summed E-state index contributed by atoms with van der Waals surface area (Å²) in [5.41, 5.74) is 3.26. The van der Waals surface area contributed by atoms with Crippen LogP contribution in [0.3, 0.4) is 0 Å². The third-order valence-electron chi connectivity index (χ3n) is 10.3. The highest BCUT2D eigenvalue weighted by atomic mass is 15.3. The first-order chi connectivity index (χ1) is 17.1. The number of piperidine rings is 1. The SMILES string of the molecule is CC(C)C1CCC(N2CCC3(CC2)[C@@H]2CN(Cc4ccccc4)C[C@@H]2CN3c2ccccc2)CC1. The third-order valence-corrected chi connectivity index (χ3v) is 10.3. The second-order valence-corrected chi connectivity index (χ2v) is 12.4. The van der Waals surface area contributed by atoms with E-state index in [0.717, 1.165) is 36.3 Å². The summed E-state index contributed by atoms with van der Waals surface area (Å²) < 4.78 is 0. The first-order valence-electron chi connectivity index (χ1n) is 14.5. The van der Waals surface area contributed by atoms with Crippen LogP contribution in [0.1, 0.15) is 57.9 Å². The van der Waals surface area contributed by atoms with E-state index in [1.165, 1.54) is 82.5 Å². The van der Waals surface area contributed by atoms with Crippen molar-refractivity contribution < 1.29 is 0 Å². The lowest BCUT2D eigenvalue weighted by Gasteiger charge is -2.51. The largest absolute Gasteiger partial charge is 0.365 e. The molecule has 3 aliphatic heterocycles. The van der Waals surface area contributed by atoms with Crippen molar-refractivity contribution in [2.75, 3.05) is 37.6 Å². The Hall–Kier alpha value is -1.84. The number of nitrogens with zero attached hydrogens (tertiary/aromatic N) is 3. The van der Waals surface area contributed by atoms with Crippen LogP contribution in [0.5, 0.6) is 0 Å². The summed E-state index contributed by atoms with van der Waals surface area (Å²) in [4.78, 5) is 8.53. The van der Waals surface area contributed by atoms with E-state index in [-0.39, 0.29) is 0 Å². The van der Waals surface area contributed by atoms with Crippen LogP contribution in [-0.4, -0.2) is 54.1 Å². The Balaban J connectivity index is 1.17. The Kier molecular flexibility index (Phi) is 6.66. The molecule has 0 radical (unpaired) electrons. The number of rotatable bonds is 5. The van der Waals surface area contributed by atoms with E-state index in [4.69, 9.17) is 0 Å². The van der Waals surface area contributed by atoms with Gasteiger partial charge in [-0.15, -0.1) is 0 Å². The molecule has 188 valence electrons. The first-order valence-corrected chi connectivity index (χ1v) is 14.5. The fraction of sp³-hybridized carbons (Fsp3) is 0.625. The van der Waals surface area contributed by atoms with Crippen LogP contribution in [0.25, 0.3) is 0 Å². The van der Waals surface area contributed by atoms with Gasteiger partial charge < -0.3 is 9.80 Å². The van der Waals surface area contributed by atoms with Crippen molar-refractivity contribution in [3.63, 3.8) is 0 Å². The molecule has 0 aromatic heterocycles. The fourth-order valence-electron chi connectivity index (χ4n) is 8.36. The Morgan fingerprint density at radius 2 is 1.46 bits per heavy atom. The number of anilines is 1. The van der Waals surface area contributed by atoms with E-state index in [2.05, 4.69) is 89.2 Å². The highest BCUT2D eigenvalue weighted by molar-refractivity contribution is 5.52. The van der Waals surface area contributed by atoms with Crippen molar-refractivity contribution >= 4 is 5.69 Å². The molecule has 4 aliphatic rings. The zero-order valence-corrected chi connectivity index (χ0v) is 22.0. The van der Waals surface area contributed by atoms with E-state index >= 15 is 0 Å². The van der Waals surface area contributed by atoms with Crippen LogP contribution in [0.15, 0.2) is 60.7 Å². The summed E-state index contributed by atoms with van der Waals surface area (Å²) in [6.45, 7) is 12.3. The van der Waals surface area contributed by atoms with Gasteiger partial charge in [0.25, 0.3) is 0 Å². The molecule has 3 saturated heterocycles. The van der Waals surface area contributed by atoms with Crippen molar-refractivity contribution in [3.8, 4) is 0 Å². The summed E-state index contributed by atoms with van der Waals surface area (Å²) >= 11 is 0. The van der Waals surface area contributed by atoms with E-state index < -0.39 is 0 Å². The average Bonchev–Trinajstić information content (AvgIpc) is 3.43. The number of hydrogen-bond donors (Lipinski definition) is 0. The maximum atomic E-state index is 2.90. The highest BCUT2D eigenvalue weighted by Crippen LogP contribution is 2.51. The molecule has 0 N–H and O–H groups in total. The summed E-state index contributed by atoms with van der Waals surface area (Å²) in [5, 5.41) is 0. The number of para-hydroxylation sites is 1. The molecule has 0 unspecified atom stereocenters. The number of fused-ring (bicyclic) bond motifs is 2. The molecular formula is C32H45N3. The van der Waals surface area contributed by atoms with Crippen LogP contribution in [0.4, 0.5) is 5.69 Å². The third kappa shape index (κ3) is 4.55. The molecule has 2 atom stereocenters. The molecule has 3 heteroatoms. The molecule has 3 heterocycles. The minimum atomic E-state index is 0.336. The molecule has 4 fully saturated rings. The van der Waals surface area contributed by atoms with Gasteiger partial charge in [-0.05, 0) is 74.0 Å². The standard InChI is InChI=1S/C32H45N3/c1-25(2)27-13-15-29(16-14-27)34-19-17-32(18-20-34)31-24-33(21-26-9-5-3-6-10-26)22-28(31)23-35(32)30-11-7-4-8-12-30/h3-12,25,27-29,31H,13-24H2,1-2H3/t27?,28-,29?,31-/m1/s1. The first kappa shape index (κ1) is 23.6. The van der Waals surface area contributed by atoms with Crippen molar-refractivity contribution in [1.29, 1.82) is 0 Å². The fourth-order valence-corrected chi connectivity index (χ4v) is 8.36. The van der Waals surface area contributed by atoms with Crippen LogP contribution in [0, 0.1) is 23.7 Å². The van der Waals surface area contributed by atoms with E-state index in [0.29, 0.717) is 5.54 Å². The minimum absolute atomic E-state index is 0.336. The van der Waals surface area contributed by atoms with Gasteiger partial charge in [0.15, 0.2) is 0 Å². The van der Waals surface area contributed by atoms with Crippen molar-refractivity contribution in [3.05, 3.63) is 66.2 Å². The van der Waals surface area contributed by atoms with Crippen molar-refractivity contribution in [1.82, 2.24) is 9.80 Å². The van der Waals surface area contributed by atoms with Gasteiger partial charge in [0.05, 0.1) is 0 Å². The second kappa shape index (κ2) is 9.90. The Labute approximate surface area is 213 Å². The lowest BCUT2D eigenvalue weighted by Crippen LogP contribution is -2.58. The molecule has 0 bridgehead atoms. The lowest BCUT2D eigenvalue weighted by atomic mass is 9.73. The molecular weight excluding hydrogens is 426 g/mol. The van der Waals surface area contributed by atoms with Gasteiger partial charge >= 0.3 is 0 Å². The van der Waals surface area contributed by atoms with E-state index in [1.54, 1.807) is 0 Å². The molecule has 6 rings (SSSR count). The Bertz CT molecular complexity index is 941. The predicted octanol–water partition coefficient (Wildman–Crippen LogP) is 6.30. The van der Waals surface area contributed by atoms with Gasteiger partial charge in [-0.1, -0.05) is 62.4 Å². The van der Waals surface area contributed by atoms with Gasteiger partial charge in [-0.25, -0.2) is 0 Å². The molecule has 1 aliphatic carbocycles. The molecule has 2 aromatic rings. The normalized spacial score (nSPS) is 31.3. The van der Waals surface area contributed by atoms with E-state index in [1.807, 2.05) is 0 Å². The molecule has 2 aromatic carbocycles. The predicted molar refractivity (Wildman–Crippen MR) is 147 cm³/mol. The molecule has 35 heavy (non-hydrogen) atoms. The smallest absolute Gasteiger partial charge is 0.0470 e. The zero-order chi connectivity index (χ0) is 23.8. The molecule has 3 nitrogen and oxygen atoms in total. The molecule has 0 amide bonds. The summed E-state index contributed by atoms with van der Waals surface area (Å²) in [5.74, 6) is 3.41.